The first kappa shape index (κ1) is 23.1. The van der Waals surface area contributed by atoms with Gasteiger partial charge in [0.15, 0.2) is 11.0 Å². The van der Waals surface area contributed by atoms with Crippen molar-refractivity contribution in [2.75, 3.05) is 5.75 Å². The highest BCUT2D eigenvalue weighted by Crippen LogP contribution is 2.27. The Labute approximate surface area is 198 Å². The van der Waals surface area contributed by atoms with E-state index >= 15 is 0 Å². The monoisotopic (exact) mass is 479 g/mol. The zero-order valence-corrected chi connectivity index (χ0v) is 18.5. The predicted octanol–water partition coefficient (Wildman–Crippen LogP) is 4.78. The minimum atomic E-state index is -2.96. The Hall–Kier alpha value is -4.05. The molecule has 4 aromatic rings. The van der Waals surface area contributed by atoms with Crippen molar-refractivity contribution in [3.8, 4) is 22.8 Å². The van der Waals surface area contributed by atoms with Crippen molar-refractivity contribution in [3.63, 3.8) is 0 Å². The van der Waals surface area contributed by atoms with Gasteiger partial charge >= 0.3 is 6.61 Å². The maximum absolute atomic E-state index is 12.5. The average molecular weight is 480 g/mol. The highest BCUT2D eigenvalue weighted by molar-refractivity contribution is 7.99. The summed E-state index contributed by atoms with van der Waals surface area (Å²) < 4.78 is 31.4. The number of thioether (sulfide) groups is 1. The highest BCUT2D eigenvalue weighted by atomic mass is 32.2. The van der Waals surface area contributed by atoms with Gasteiger partial charge in [0.05, 0.1) is 12.0 Å². The average Bonchev–Trinajstić information content (AvgIpc) is 3.28. The normalized spacial score (nSPS) is 11.1. The number of para-hydroxylation sites is 2. The number of carbonyl (C=O) groups is 1. The van der Waals surface area contributed by atoms with Crippen LogP contribution in [0.3, 0.4) is 0 Å². The van der Waals surface area contributed by atoms with E-state index in [2.05, 4.69) is 25.5 Å². The van der Waals surface area contributed by atoms with Crippen LogP contribution in [-0.4, -0.2) is 39.3 Å². The van der Waals surface area contributed by atoms with Gasteiger partial charge in [-0.3, -0.25) is 9.36 Å². The summed E-state index contributed by atoms with van der Waals surface area (Å²) in [4.78, 5) is 12.3. The molecule has 7 nitrogen and oxygen atoms in total. The summed E-state index contributed by atoms with van der Waals surface area (Å²) in [5.41, 5.74) is 4.46. The standard InChI is InChI=1S/C24H19F2N5O2S/c25-23(26)33-20-14-8-7-11-18(20)15-27-28-21(32)16-34-24-30-29-22(17-9-3-1-4-10-17)31(24)19-12-5-2-6-13-19/h1-15,23H,16H2,(H,28,32)/b27-15+. The third-order valence-corrected chi connectivity index (χ3v) is 5.47. The molecule has 10 heteroatoms. The number of alkyl halides is 2. The van der Waals surface area contributed by atoms with Gasteiger partial charge in [0.2, 0.25) is 0 Å². The van der Waals surface area contributed by atoms with Crippen LogP contribution in [0.1, 0.15) is 5.56 Å². The number of benzene rings is 3. The summed E-state index contributed by atoms with van der Waals surface area (Å²) in [5.74, 6) is 0.252. The fourth-order valence-electron chi connectivity index (χ4n) is 3.07. The second-order valence-corrected chi connectivity index (χ2v) is 7.78. The van der Waals surface area contributed by atoms with Crippen LogP contribution in [0.2, 0.25) is 0 Å². The molecule has 0 atom stereocenters. The smallest absolute Gasteiger partial charge is 0.387 e. The number of carbonyl (C=O) groups excluding carboxylic acids is 1. The van der Waals surface area contributed by atoms with E-state index in [9.17, 15) is 13.6 Å². The van der Waals surface area contributed by atoms with E-state index < -0.39 is 12.5 Å². The van der Waals surface area contributed by atoms with Gasteiger partial charge in [0.1, 0.15) is 5.75 Å². The quantitative estimate of drug-likeness (QED) is 0.212. The number of hydrazone groups is 1. The van der Waals surface area contributed by atoms with Gasteiger partial charge < -0.3 is 4.74 Å². The number of nitrogens with zero attached hydrogens (tertiary/aromatic N) is 4. The summed E-state index contributed by atoms with van der Waals surface area (Å²) in [7, 11) is 0. The van der Waals surface area contributed by atoms with E-state index in [1.54, 1.807) is 18.2 Å². The molecular weight excluding hydrogens is 460 g/mol. The first-order valence-corrected chi connectivity index (χ1v) is 11.1. The largest absolute Gasteiger partial charge is 0.434 e. The molecule has 0 fully saturated rings. The third kappa shape index (κ3) is 5.84. The second-order valence-electron chi connectivity index (χ2n) is 6.84. The van der Waals surface area contributed by atoms with Crippen LogP contribution >= 0.6 is 11.8 Å². The Balaban J connectivity index is 1.45. The van der Waals surface area contributed by atoms with E-state index in [1.165, 1.54) is 24.0 Å². The van der Waals surface area contributed by atoms with Crippen molar-refractivity contribution in [1.29, 1.82) is 0 Å². The molecule has 0 spiro atoms. The molecule has 1 N–H and O–H groups in total. The van der Waals surface area contributed by atoms with Gasteiger partial charge in [-0.2, -0.15) is 13.9 Å². The minimum absolute atomic E-state index is 0.0201. The lowest BCUT2D eigenvalue weighted by atomic mass is 10.2. The third-order valence-electron chi connectivity index (χ3n) is 4.54. The second kappa shape index (κ2) is 11.2. The molecule has 4 rings (SSSR count). The van der Waals surface area contributed by atoms with Crippen LogP contribution in [0.25, 0.3) is 17.1 Å². The van der Waals surface area contributed by atoms with Crippen LogP contribution in [0, 0.1) is 0 Å². The summed E-state index contributed by atoms with van der Waals surface area (Å²) in [6.45, 7) is -2.96. The molecule has 0 aliphatic rings. The number of aromatic nitrogens is 3. The molecule has 0 aliphatic heterocycles. The number of rotatable bonds is 9. The zero-order chi connectivity index (χ0) is 23.8. The molecule has 34 heavy (non-hydrogen) atoms. The Kier molecular flexibility index (Phi) is 7.61. The zero-order valence-electron chi connectivity index (χ0n) is 17.7. The van der Waals surface area contributed by atoms with Crippen LogP contribution in [0.5, 0.6) is 5.75 Å². The number of halogens is 2. The van der Waals surface area contributed by atoms with Crippen molar-refractivity contribution < 1.29 is 18.3 Å². The summed E-state index contributed by atoms with van der Waals surface area (Å²) in [5, 5.41) is 13.0. The lowest BCUT2D eigenvalue weighted by Gasteiger charge is -2.10. The van der Waals surface area contributed by atoms with Gasteiger partial charge in [0.25, 0.3) is 5.91 Å². The molecule has 0 aliphatic carbocycles. The Bertz CT molecular complexity index is 1270. The van der Waals surface area contributed by atoms with Crippen LogP contribution in [-0.2, 0) is 4.79 Å². The lowest BCUT2D eigenvalue weighted by molar-refractivity contribution is -0.118. The molecule has 1 amide bonds. The van der Waals surface area contributed by atoms with Gasteiger partial charge in [-0.25, -0.2) is 5.43 Å². The van der Waals surface area contributed by atoms with Crippen LogP contribution in [0.15, 0.2) is 95.2 Å². The minimum Gasteiger partial charge on any atom is -0.434 e. The van der Waals surface area contributed by atoms with Gasteiger partial charge in [-0.05, 0) is 24.3 Å². The molecule has 0 unspecified atom stereocenters. The van der Waals surface area contributed by atoms with Crippen molar-refractivity contribution in [2.45, 2.75) is 11.8 Å². The summed E-state index contributed by atoms with van der Waals surface area (Å²) in [6.07, 6.45) is 1.25. The van der Waals surface area contributed by atoms with E-state index in [4.69, 9.17) is 0 Å². The Morgan fingerprint density at radius 1 is 1.00 bits per heavy atom. The van der Waals surface area contributed by atoms with Gasteiger partial charge in [-0.1, -0.05) is 72.4 Å². The number of hydrogen-bond donors (Lipinski definition) is 1. The molecule has 1 aromatic heterocycles. The summed E-state index contributed by atoms with van der Waals surface area (Å²) >= 11 is 1.20. The number of ether oxygens (including phenoxy) is 1. The molecule has 1 heterocycles. The first-order chi connectivity index (χ1) is 16.6. The van der Waals surface area contributed by atoms with Gasteiger partial charge in [-0.15, -0.1) is 10.2 Å². The predicted molar refractivity (Wildman–Crippen MR) is 126 cm³/mol. The molecule has 0 saturated carbocycles. The topological polar surface area (TPSA) is 81.4 Å². The summed E-state index contributed by atoms with van der Waals surface area (Å²) in [6, 6.07) is 25.4. The Morgan fingerprint density at radius 3 is 2.41 bits per heavy atom. The number of amides is 1. The van der Waals surface area contributed by atoms with E-state index in [1.807, 2.05) is 65.2 Å². The number of hydrogen-bond acceptors (Lipinski definition) is 6. The SMILES string of the molecule is O=C(CSc1nnc(-c2ccccc2)n1-c1ccccc1)N/N=C/c1ccccc1OC(F)F. The molecule has 3 aromatic carbocycles. The van der Waals surface area contributed by atoms with E-state index in [-0.39, 0.29) is 11.5 Å². The number of nitrogens with one attached hydrogen (secondary N) is 1. The Morgan fingerprint density at radius 2 is 1.68 bits per heavy atom. The van der Waals surface area contributed by atoms with Crippen LogP contribution in [0.4, 0.5) is 8.78 Å². The molecular formula is C24H19F2N5O2S. The van der Waals surface area contributed by atoms with Gasteiger partial charge in [0, 0.05) is 16.8 Å². The maximum Gasteiger partial charge on any atom is 0.387 e. The van der Waals surface area contributed by atoms with Crippen molar-refractivity contribution in [3.05, 3.63) is 90.5 Å². The molecule has 172 valence electrons. The maximum atomic E-state index is 12.5. The molecule has 0 bridgehead atoms. The van der Waals surface area contributed by atoms with Crippen molar-refractivity contribution in [1.82, 2.24) is 20.2 Å². The molecule has 0 radical (unpaired) electrons. The molecule has 0 saturated heterocycles. The fraction of sp³-hybridized carbons (Fsp3) is 0.0833. The van der Waals surface area contributed by atoms with E-state index in [0.29, 0.717) is 16.5 Å². The highest BCUT2D eigenvalue weighted by Gasteiger charge is 2.17. The fourth-order valence-corrected chi connectivity index (χ4v) is 3.82. The van der Waals surface area contributed by atoms with E-state index in [0.717, 1.165) is 11.3 Å². The lowest BCUT2D eigenvalue weighted by Crippen LogP contribution is -2.20. The first-order valence-electron chi connectivity index (χ1n) is 10.2. The van der Waals surface area contributed by atoms with Crippen molar-refractivity contribution in [2.24, 2.45) is 5.10 Å². The van der Waals surface area contributed by atoms with Crippen molar-refractivity contribution >= 4 is 23.9 Å². The van der Waals surface area contributed by atoms with Crippen LogP contribution < -0.4 is 10.2 Å².